The molecule has 4 rings (SSSR count). The van der Waals surface area contributed by atoms with Gasteiger partial charge in [0, 0.05) is 30.4 Å². The summed E-state index contributed by atoms with van der Waals surface area (Å²) in [5.41, 5.74) is 7.55. The molecule has 3 aromatic rings. The van der Waals surface area contributed by atoms with Gasteiger partial charge in [-0.2, -0.15) is 0 Å². The SMILES string of the molecule is Cc1sc2ncnc(N3CCC(C(=O)NCC(Cc4ccc(F)cc4)C(N)=O)CC3)c2c1C. The molecule has 0 saturated carbocycles. The van der Waals surface area contributed by atoms with Crippen molar-refractivity contribution < 1.29 is 14.0 Å². The van der Waals surface area contributed by atoms with E-state index >= 15 is 0 Å². The van der Waals surface area contributed by atoms with Crippen molar-refractivity contribution in [2.45, 2.75) is 33.1 Å². The Kier molecular flexibility index (Phi) is 6.88. The number of fused-ring (bicyclic) bond motifs is 1. The van der Waals surface area contributed by atoms with E-state index in [9.17, 15) is 14.0 Å². The molecule has 2 amide bonds. The van der Waals surface area contributed by atoms with Crippen molar-refractivity contribution >= 4 is 39.2 Å². The van der Waals surface area contributed by atoms with E-state index in [-0.39, 0.29) is 24.2 Å². The number of aryl methyl sites for hydroxylation is 2. The normalized spacial score (nSPS) is 15.5. The first-order valence-corrected chi connectivity index (χ1v) is 11.9. The molecule has 0 spiro atoms. The zero-order chi connectivity index (χ0) is 23.5. The van der Waals surface area contributed by atoms with Crippen molar-refractivity contribution in [2.75, 3.05) is 24.5 Å². The highest BCUT2D eigenvalue weighted by Crippen LogP contribution is 2.35. The smallest absolute Gasteiger partial charge is 0.223 e. The summed E-state index contributed by atoms with van der Waals surface area (Å²) in [5, 5.41) is 4.01. The lowest BCUT2D eigenvalue weighted by Gasteiger charge is -2.32. The molecule has 9 heteroatoms. The number of amides is 2. The summed E-state index contributed by atoms with van der Waals surface area (Å²) in [6.07, 6.45) is 3.38. The first-order valence-electron chi connectivity index (χ1n) is 11.1. The highest BCUT2D eigenvalue weighted by molar-refractivity contribution is 7.18. The van der Waals surface area contributed by atoms with Crippen LogP contribution in [0.25, 0.3) is 10.2 Å². The minimum Gasteiger partial charge on any atom is -0.369 e. The van der Waals surface area contributed by atoms with Gasteiger partial charge in [0.15, 0.2) is 0 Å². The van der Waals surface area contributed by atoms with E-state index in [1.165, 1.54) is 22.6 Å². The Hall–Kier alpha value is -3.07. The summed E-state index contributed by atoms with van der Waals surface area (Å²) < 4.78 is 13.1. The van der Waals surface area contributed by atoms with E-state index in [4.69, 9.17) is 5.73 Å². The summed E-state index contributed by atoms with van der Waals surface area (Å²) in [4.78, 5) is 38.1. The number of nitrogens with one attached hydrogen (secondary N) is 1. The zero-order valence-electron chi connectivity index (χ0n) is 18.8. The van der Waals surface area contributed by atoms with Gasteiger partial charge in [-0.15, -0.1) is 11.3 Å². The maximum atomic E-state index is 13.1. The van der Waals surface area contributed by atoms with Gasteiger partial charge in [-0.1, -0.05) is 12.1 Å². The number of primary amides is 1. The van der Waals surface area contributed by atoms with Crippen molar-refractivity contribution in [2.24, 2.45) is 17.6 Å². The van der Waals surface area contributed by atoms with Crippen LogP contribution in [0.1, 0.15) is 28.8 Å². The van der Waals surface area contributed by atoms with Crippen LogP contribution in [0.4, 0.5) is 10.2 Å². The van der Waals surface area contributed by atoms with Crippen LogP contribution >= 0.6 is 11.3 Å². The molecule has 1 atom stereocenters. The van der Waals surface area contributed by atoms with Gasteiger partial charge in [-0.3, -0.25) is 9.59 Å². The summed E-state index contributed by atoms with van der Waals surface area (Å²) in [6, 6.07) is 5.96. The minimum atomic E-state index is -0.543. The Morgan fingerprint density at radius 2 is 1.91 bits per heavy atom. The maximum absolute atomic E-state index is 13.1. The van der Waals surface area contributed by atoms with Crippen molar-refractivity contribution in [3.8, 4) is 0 Å². The van der Waals surface area contributed by atoms with Crippen molar-refractivity contribution in [1.29, 1.82) is 0 Å². The summed E-state index contributed by atoms with van der Waals surface area (Å²) in [7, 11) is 0. The van der Waals surface area contributed by atoms with Crippen molar-refractivity contribution in [3.05, 3.63) is 52.4 Å². The number of hydrogen-bond donors (Lipinski definition) is 2. The molecule has 0 aliphatic carbocycles. The van der Waals surface area contributed by atoms with E-state index in [1.807, 2.05) is 0 Å². The zero-order valence-corrected chi connectivity index (χ0v) is 19.6. The Labute approximate surface area is 196 Å². The molecule has 0 radical (unpaired) electrons. The fourth-order valence-electron chi connectivity index (χ4n) is 4.30. The van der Waals surface area contributed by atoms with Gasteiger partial charge >= 0.3 is 0 Å². The molecular formula is C24H28FN5O2S. The van der Waals surface area contributed by atoms with Crippen LogP contribution in [0.2, 0.25) is 0 Å². The lowest BCUT2D eigenvalue weighted by atomic mass is 9.94. The van der Waals surface area contributed by atoms with E-state index in [1.54, 1.807) is 29.8 Å². The quantitative estimate of drug-likeness (QED) is 0.554. The molecule has 1 unspecified atom stereocenters. The van der Waals surface area contributed by atoms with Gasteiger partial charge in [0.25, 0.3) is 0 Å². The largest absolute Gasteiger partial charge is 0.369 e. The summed E-state index contributed by atoms with van der Waals surface area (Å²) in [5.74, 6) is -0.601. The van der Waals surface area contributed by atoms with Crippen LogP contribution in [0, 0.1) is 31.5 Å². The second kappa shape index (κ2) is 9.82. The highest BCUT2D eigenvalue weighted by atomic mass is 32.1. The molecular weight excluding hydrogens is 441 g/mol. The molecule has 1 aliphatic heterocycles. The molecule has 1 aromatic carbocycles. The van der Waals surface area contributed by atoms with Gasteiger partial charge < -0.3 is 16.0 Å². The van der Waals surface area contributed by atoms with E-state index in [0.29, 0.717) is 19.3 Å². The number of nitrogens with zero attached hydrogens (tertiary/aromatic N) is 3. The van der Waals surface area contributed by atoms with Crippen molar-refractivity contribution in [3.63, 3.8) is 0 Å². The van der Waals surface area contributed by atoms with Gasteiger partial charge in [-0.25, -0.2) is 14.4 Å². The number of hydrogen-bond acceptors (Lipinski definition) is 6. The summed E-state index contributed by atoms with van der Waals surface area (Å²) in [6.45, 7) is 5.83. The van der Waals surface area contributed by atoms with Gasteiger partial charge in [0.05, 0.1) is 11.3 Å². The first kappa shape index (κ1) is 23.1. The fourth-order valence-corrected chi connectivity index (χ4v) is 5.30. The average molecular weight is 470 g/mol. The van der Waals surface area contributed by atoms with Crippen molar-refractivity contribution in [1.82, 2.24) is 15.3 Å². The van der Waals surface area contributed by atoms with Crippen LogP contribution in [0.15, 0.2) is 30.6 Å². The average Bonchev–Trinajstić information content (AvgIpc) is 3.11. The lowest BCUT2D eigenvalue weighted by Crippen LogP contribution is -2.43. The third-order valence-corrected chi connectivity index (χ3v) is 7.55. The predicted octanol–water partition coefficient (Wildman–Crippen LogP) is 3.12. The molecule has 1 aliphatic rings. The van der Waals surface area contributed by atoms with Gasteiger partial charge in [0.2, 0.25) is 11.8 Å². The Bertz CT molecular complexity index is 1160. The van der Waals surface area contributed by atoms with E-state index in [0.717, 1.165) is 34.7 Å². The molecule has 2 aromatic heterocycles. The van der Waals surface area contributed by atoms with E-state index < -0.39 is 11.8 Å². The number of piperidine rings is 1. The number of rotatable bonds is 7. The minimum absolute atomic E-state index is 0.0598. The molecule has 0 bridgehead atoms. The van der Waals surface area contributed by atoms with Crippen LogP contribution in [0.5, 0.6) is 0 Å². The maximum Gasteiger partial charge on any atom is 0.223 e. The number of anilines is 1. The molecule has 1 fully saturated rings. The predicted molar refractivity (Wildman–Crippen MR) is 128 cm³/mol. The van der Waals surface area contributed by atoms with E-state index in [2.05, 4.69) is 34.0 Å². The Morgan fingerprint density at radius 1 is 1.21 bits per heavy atom. The second-order valence-corrected chi connectivity index (χ2v) is 9.80. The highest BCUT2D eigenvalue weighted by Gasteiger charge is 2.28. The number of carbonyl (C=O) groups excluding carboxylic acids is 2. The standard InChI is InChI=1S/C24H28FN5O2S/c1-14-15(2)33-24-20(14)22(28-13-29-24)30-9-7-17(8-10-30)23(32)27-12-18(21(26)31)11-16-3-5-19(25)6-4-16/h3-6,13,17-18H,7-12H2,1-2H3,(H2,26,31)(H,27,32). The molecule has 174 valence electrons. The topological polar surface area (TPSA) is 101 Å². The Morgan fingerprint density at radius 3 is 2.58 bits per heavy atom. The summed E-state index contributed by atoms with van der Waals surface area (Å²) >= 11 is 1.68. The van der Waals surface area contributed by atoms with Crippen LogP contribution in [0.3, 0.4) is 0 Å². The third kappa shape index (κ3) is 5.13. The molecule has 33 heavy (non-hydrogen) atoms. The van der Waals surface area contributed by atoms with Crippen LogP contribution in [-0.4, -0.2) is 41.4 Å². The monoisotopic (exact) mass is 469 g/mol. The second-order valence-electron chi connectivity index (χ2n) is 8.60. The molecule has 7 nitrogen and oxygen atoms in total. The van der Waals surface area contributed by atoms with Crippen LogP contribution < -0.4 is 16.0 Å². The number of carbonyl (C=O) groups is 2. The lowest BCUT2D eigenvalue weighted by molar-refractivity contribution is -0.126. The fraction of sp³-hybridized carbons (Fsp3) is 0.417. The molecule has 3 heterocycles. The first-order chi connectivity index (χ1) is 15.8. The number of aromatic nitrogens is 2. The van der Waals surface area contributed by atoms with Gasteiger partial charge in [-0.05, 0) is 56.4 Å². The molecule has 1 saturated heterocycles. The molecule has 3 N–H and O–H groups in total. The number of halogens is 1. The Balaban J connectivity index is 1.34. The number of thiophene rings is 1. The van der Waals surface area contributed by atoms with Gasteiger partial charge in [0.1, 0.15) is 22.8 Å². The van der Waals surface area contributed by atoms with Crippen LogP contribution in [-0.2, 0) is 16.0 Å². The number of benzene rings is 1. The number of nitrogens with two attached hydrogens (primary N) is 1. The third-order valence-electron chi connectivity index (χ3n) is 6.43.